The third kappa shape index (κ3) is 3.57. The van der Waals surface area contributed by atoms with E-state index in [1.54, 1.807) is 6.08 Å². The fourth-order valence-electron chi connectivity index (χ4n) is 2.33. The number of carbonyl (C=O) groups is 1. The quantitative estimate of drug-likeness (QED) is 0.430. The van der Waals surface area contributed by atoms with Gasteiger partial charge >= 0.3 is 0 Å². The van der Waals surface area contributed by atoms with Gasteiger partial charge in [-0.2, -0.15) is 0 Å². The molecule has 0 aliphatic rings. The molecule has 1 nitrogen and oxygen atoms in total. The van der Waals surface area contributed by atoms with Crippen LogP contribution in [0.1, 0.15) is 32.6 Å². The van der Waals surface area contributed by atoms with E-state index in [4.69, 9.17) is 0 Å². The van der Waals surface area contributed by atoms with Gasteiger partial charge in [0, 0.05) is 5.56 Å². The first-order valence-electron chi connectivity index (χ1n) is 7.11. The van der Waals surface area contributed by atoms with Crippen molar-refractivity contribution >= 4 is 11.9 Å². The van der Waals surface area contributed by atoms with Gasteiger partial charge < -0.3 is 0 Å². The van der Waals surface area contributed by atoms with E-state index >= 15 is 0 Å². The van der Waals surface area contributed by atoms with Crippen molar-refractivity contribution in [2.75, 3.05) is 0 Å². The Balaban J connectivity index is 2.31. The molecule has 0 amide bonds. The molecule has 2 aromatic rings. The second-order valence-electron chi connectivity index (χ2n) is 5.13. The summed E-state index contributed by atoms with van der Waals surface area (Å²) in [4.78, 5) is 12.1. The lowest BCUT2D eigenvalue weighted by Crippen LogP contribution is -1.97. The fraction of sp³-hybridized carbons (Fsp3) is 0.150. The van der Waals surface area contributed by atoms with Crippen molar-refractivity contribution < 1.29 is 4.79 Å². The van der Waals surface area contributed by atoms with Crippen LogP contribution in [0.25, 0.3) is 6.08 Å². The van der Waals surface area contributed by atoms with Gasteiger partial charge in [-0.15, -0.1) is 6.58 Å². The van der Waals surface area contributed by atoms with E-state index in [1.165, 1.54) is 16.7 Å². The number of benzene rings is 2. The van der Waals surface area contributed by atoms with Crippen molar-refractivity contribution in [2.45, 2.75) is 20.3 Å². The lowest BCUT2D eigenvalue weighted by molar-refractivity contribution is 0.104. The second-order valence-corrected chi connectivity index (χ2v) is 5.13. The molecule has 0 N–H and O–H groups in total. The Morgan fingerprint density at radius 1 is 1.10 bits per heavy atom. The minimum atomic E-state index is 0.0263. The maximum absolute atomic E-state index is 12.1. The summed E-state index contributed by atoms with van der Waals surface area (Å²) < 4.78 is 0. The highest BCUT2D eigenvalue weighted by Gasteiger charge is 2.06. The van der Waals surface area contributed by atoms with Crippen LogP contribution in [-0.2, 0) is 6.42 Å². The van der Waals surface area contributed by atoms with Crippen LogP contribution in [0.15, 0.2) is 61.2 Å². The Bertz CT molecular complexity index is 678. The molecule has 21 heavy (non-hydrogen) atoms. The fourth-order valence-corrected chi connectivity index (χ4v) is 2.33. The summed E-state index contributed by atoms with van der Waals surface area (Å²) in [5.74, 6) is 0.0263. The topological polar surface area (TPSA) is 17.1 Å². The highest BCUT2D eigenvalue weighted by atomic mass is 16.1. The number of hydrogen-bond donors (Lipinski definition) is 0. The summed E-state index contributed by atoms with van der Waals surface area (Å²) in [6, 6.07) is 13.5. The zero-order chi connectivity index (χ0) is 15.2. The normalized spacial score (nSPS) is 10.8. The Kier molecular flexibility index (Phi) is 4.89. The van der Waals surface area contributed by atoms with Crippen LogP contribution in [0.2, 0.25) is 0 Å². The van der Waals surface area contributed by atoms with Crippen LogP contribution in [0, 0.1) is 13.8 Å². The standard InChI is InChI=1S/C20H20O/c1-4-8-19-16(3)15(2)11-12-17(19)13-14-20(21)18-9-6-5-7-10-18/h4-7,9-14H,1,8H2,2-3H3. The highest BCUT2D eigenvalue weighted by molar-refractivity contribution is 6.06. The first kappa shape index (κ1) is 15.0. The molecule has 2 aromatic carbocycles. The van der Waals surface area contributed by atoms with Gasteiger partial charge in [0.05, 0.1) is 0 Å². The van der Waals surface area contributed by atoms with Crippen molar-refractivity contribution in [3.8, 4) is 0 Å². The highest BCUT2D eigenvalue weighted by Crippen LogP contribution is 2.20. The Labute approximate surface area is 126 Å². The van der Waals surface area contributed by atoms with Gasteiger partial charge in [0.15, 0.2) is 5.78 Å². The van der Waals surface area contributed by atoms with E-state index in [2.05, 4.69) is 32.6 Å². The zero-order valence-electron chi connectivity index (χ0n) is 12.6. The summed E-state index contributed by atoms with van der Waals surface area (Å²) in [6.45, 7) is 8.04. The minimum absolute atomic E-state index is 0.0263. The Morgan fingerprint density at radius 3 is 2.48 bits per heavy atom. The molecule has 0 bridgehead atoms. The molecule has 0 aliphatic carbocycles. The van der Waals surface area contributed by atoms with Gasteiger partial charge in [0.25, 0.3) is 0 Å². The lowest BCUT2D eigenvalue weighted by atomic mass is 9.94. The summed E-state index contributed by atoms with van der Waals surface area (Å²) in [6.07, 6.45) is 6.26. The molecular formula is C20H20O. The van der Waals surface area contributed by atoms with Crippen LogP contribution >= 0.6 is 0 Å². The molecule has 0 unspecified atom stereocenters. The molecule has 0 aliphatic heterocycles. The largest absolute Gasteiger partial charge is 0.289 e. The molecule has 0 saturated carbocycles. The van der Waals surface area contributed by atoms with Crippen LogP contribution in [0.5, 0.6) is 0 Å². The number of rotatable bonds is 5. The van der Waals surface area contributed by atoms with E-state index in [-0.39, 0.29) is 5.78 Å². The van der Waals surface area contributed by atoms with Crippen molar-refractivity contribution in [1.29, 1.82) is 0 Å². The number of hydrogen-bond acceptors (Lipinski definition) is 1. The predicted octanol–water partition coefficient (Wildman–Crippen LogP) is 4.93. The summed E-state index contributed by atoms with van der Waals surface area (Å²) >= 11 is 0. The lowest BCUT2D eigenvalue weighted by Gasteiger charge is -2.10. The van der Waals surface area contributed by atoms with E-state index in [0.717, 1.165) is 12.0 Å². The van der Waals surface area contributed by atoms with E-state index in [1.807, 2.05) is 42.5 Å². The number of aryl methyl sites for hydroxylation is 1. The number of allylic oxidation sites excluding steroid dienone is 2. The molecule has 2 rings (SSSR count). The molecule has 0 saturated heterocycles. The molecule has 0 radical (unpaired) electrons. The molecular weight excluding hydrogens is 256 g/mol. The van der Waals surface area contributed by atoms with Crippen LogP contribution in [0.4, 0.5) is 0 Å². The molecule has 0 aromatic heterocycles. The van der Waals surface area contributed by atoms with E-state index in [9.17, 15) is 4.79 Å². The molecule has 0 fully saturated rings. The van der Waals surface area contributed by atoms with Crippen molar-refractivity contribution in [3.05, 3.63) is 89.0 Å². The minimum Gasteiger partial charge on any atom is -0.289 e. The monoisotopic (exact) mass is 276 g/mol. The van der Waals surface area contributed by atoms with Gasteiger partial charge in [0.2, 0.25) is 0 Å². The summed E-state index contributed by atoms with van der Waals surface area (Å²) in [7, 11) is 0. The molecule has 0 heterocycles. The van der Waals surface area contributed by atoms with Gasteiger partial charge in [-0.25, -0.2) is 0 Å². The first-order chi connectivity index (χ1) is 10.1. The van der Waals surface area contributed by atoms with Crippen LogP contribution < -0.4 is 0 Å². The Morgan fingerprint density at radius 2 is 1.81 bits per heavy atom. The maximum Gasteiger partial charge on any atom is 0.185 e. The molecule has 0 spiro atoms. The van der Waals surface area contributed by atoms with Crippen molar-refractivity contribution in [2.24, 2.45) is 0 Å². The van der Waals surface area contributed by atoms with Crippen LogP contribution in [0.3, 0.4) is 0 Å². The SMILES string of the molecule is C=CCc1c(C=CC(=O)c2ccccc2)ccc(C)c1C. The number of carbonyl (C=O) groups excluding carboxylic acids is 1. The second kappa shape index (κ2) is 6.85. The summed E-state index contributed by atoms with van der Waals surface area (Å²) in [5, 5.41) is 0. The summed E-state index contributed by atoms with van der Waals surface area (Å²) in [5.41, 5.74) is 5.56. The van der Waals surface area contributed by atoms with Gasteiger partial charge in [-0.3, -0.25) is 4.79 Å². The molecule has 0 atom stereocenters. The van der Waals surface area contributed by atoms with Gasteiger partial charge in [-0.1, -0.05) is 54.6 Å². The van der Waals surface area contributed by atoms with E-state index < -0.39 is 0 Å². The third-order valence-corrected chi connectivity index (χ3v) is 3.73. The van der Waals surface area contributed by atoms with Crippen molar-refractivity contribution in [1.82, 2.24) is 0 Å². The van der Waals surface area contributed by atoms with Gasteiger partial charge in [-0.05, 0) is 48.6 Å². The number of ketones is 1. The van der Waals surface area contributed by atoms with Crippen molar-refractivity contribution in [3.63, 3.8) is 0 Å². The molecule has 106 valence electrons. The first-order valence-corrected chi connectivity index (χ1v) is 7.11. The van der Waals surface area contributed by atoms with E-state index in [0.29, 0.717) is 5.56 Å². The third-order valence-electron chi connectivity index (χ3n) is 3.73. The molecule has 1 heteroatoms. The zero-order valence-corrected chi connectivity index (χ0v) is 12.6. The predicted molar refractivity (Wildman–Crippen MR) is 89.6 cm³/mol. The average molecular weight is 276 g/mol. The van der Waals surface area contributed by atoms with Crippen LogP contribution in [-0.4, -0.2) is 5.78 Å². The Hall–Kier alpha value is -2.41. The average Bonchev–Trinajstić information content (AvgIpc) is 2.52. The van der Waals surface area contributed by atoms with Gasteiger partial charge in [0.1, 0.15) is 0 Å². The smallest absolute Gasteiger partial charge is 0.185 e. The maximum atomic E-state index is 12.1.